The predicted octanol–water partition coefficient (Wildman–Crippen LogP) is 3.88. The fourth-order valence-electron chi connectivity index (χ4n) is 2.84. The second kappa shape index (κ2) is 8.17. The van der Waals surface area contributed by atoms with Crippen molar-refractivity contribution in [3.63, 3.8) is 0 Å². The molecule has 0 amide bonds. The number of aromatic nitrogens is 2. The van der Waals surface area contributed by atoms with Crippen molar-refractivity contribution in [1.29, 1.82) is 0 Å². The van der Waals surface area contributed by atoms with Crippen LogP contribution in [0.25, 0.3) is 10.9 Å². The lowest BCUT2D eigenvalue weighted by atomic mass is 10.2. The van der Waals surface area contributed by atoms with Crippen LogP contribution in [0.5, 0.6) is 11.5 Å². The summed E-state index contributed by atoms with van der Waals surface area (Å²) < 4.78 is 10.5. The van der Waals surface area contributed by atoms with Crippen LogP contribution in [0.3, 0.4) is 0 Å². The van der Waals surface area contributed by atoms with Crippen LogP contribution < -0.4 is 15.0 Å². The smallest absolute Gasteiger partial charge is 0.258 e. The Morgan fingerprint density at radius 3 is 2.44 bits per heavy atom. The SMILES string of the molecule is COc1cc2nc(CN(C)Cc3ccc(Cl)cc3Cl)[nH]c(=O)c2cc1OC. The van der Waals surface area contributed by atoms with Gasteiger partial charge in [0, 0.05) is 22.7 Å². The third-order valence-electron chi connectivity index (χ3n) is 4.13. The number of fused-ring (bicyclic) bond motifs is 1. The minimum absolute atomic E-state index is 0.228. The molecule has 0 saturated heterocycles. The molecule has 0 aliphatic carbocycles. The molecule has 1 N–H and O–H groups in total. The van der Waals surface area contributed by atoms with Gasteiger partial charge in [0.1, 0.15) is 5.82 Å². The van der Waals surface area contributed by atoms with E-state index in [1.54, 1.807) is 31.4 Å². The molecule has 8 heteroatoms. The van der Waals surface area contributed by atoms with E-state index in [0.717, 1.165) is 5.56 Å². The van der Waals surface area contributed by atoms with Crippen molar-refractivity contribution in [3.05, 3.63) is 62.1 Å². The standard InChI is InChI=1S/C19H19Cl2N3O3/c1-24(9-11-4-5-12(20)6-14(11)21)10-18-22-15-8-17(27-3)16(26-2)7-13(15)19(25)23-18/h4-8H,9-10H2,1-3H3,(H,22,23,25). The number of hydrogen-bond donors (Lipinski definition) is 1. The number of halogens is 2. The number of nitrogens with one attached hydrogen (secondary N) is 1. The molecule has 0 unspecified atom stereocenters. The molecule has 3 rings (SSSR count). The van der Waals surface area contributed by atoms with Crippen LogP contribution in [-0.4, -0.2) is 36.1 Å². The first-order valence-corrected chi connectivity index (χ1v) is 8.94. The van der Waals surface area contributed by atoms with E-state index in [-0.39, 0.29) is 5.56 Å². The summed E-state index contributed by atoms with van der Waals surface area (Å²) >= 11 is 12.2. The number of hydrogen-bond acceptors (Lipinski definition) is 5. The molecule has 1 heterocycles. The van der Waals surface area contributed by atoms with Crippen molar-refractivity contribution in [1.82, 2.24) is 14.9 Å². The van der Waals surface area contributed by atoms with Crippen molar-refractivity contribution in [3.8, 4) is 11.5 Å². The van der Waals surface area contributed by atoms with Gasteiger partial charge in [0.25, 0.3) is 5.56 Å². The summed E-state index contributed by atoms with van der Waals surface area (Å²) in [5.41, 5.74) is 1.26. The molecule has 0 radical (unpaired) electrons. The molecule has 0 bridgehead atoms. The lowest BCUT2D eigenvalue weighted by Gasteiger charge is -2.17. The van der Waals surface area contributed by atoms with E-state index < -0.39 is 0 Å². The van der Waals surface area contributed by atoms with Gasteiger partial charge >= 0.3 is 0 Å². The lowest BCUT2D eigenvalue weighted by Crippen LogP contribution is -2.22. The number of rotatable bonds is 6. The molecule has 27 heavy (non-hydrogen) atoms. The topological polar surface area (TPSA) is 67.5 Å². The molecular weight excluding hydrogens is 389 g/mol. The third-order valence-corrected chi connectivity index (χ3v) is 4.72. The van der Waals surface area contributed by atoms with Crippen LogP contribution >= 0.6 is 23.2 Å². The summed E-state index contributed by atoms with van der Waals surface area (Å²) in [5.74, 6) is 1.56. The lowest BCUT2D eigenvalue weighted by molar-refractivity contribution is 0.311. The normalized spacial score (nSPS) is 11.2. The molecular formula is C19H19Cl2N3O3. The van der Waals surface area contributed by atoms with Gasteiger partial charge in [-0.15, -0.1) is 0 Å². The third kappa shape index (κ3) is 4.35. The van der Waals surface area contributed by atoms with Gasteiger partial charge in [-0.05, 0) is 30.8 Å². The highest BCUT2D eigenvalue weighted by Crippen LogP contribution is 2.30. The quantitative estimate of drug-likeness (QED) is 0.671. The van der Waals surface area contributed by atoms with Crippen LogP contribution in [-0.2, 0) is 13.1 Å². The molecule has 0 aliphatic rings. The van der Waals surface area contributed by atoms with E-state index in [4.69, 9.17) is 32.7 Å². The average Bonchev–Trinajstić information content (AvgIpc) is 2.63. The first-order chi connectivity index (χ1) is 12.9. The first kappa shape index (κ1) is 19.5. The zero-order valence-corrected chi connectivity index (χ0v) is 16.7. The molecule has 1 aromatic heterocycles. The summed E-state index contributed by atoms with van der Waals surface area (Å²) in [6.07, 6.45) is 0. The van der Waals surface area contributed by atoms with E-state index >= 15 is 0 Å². The first-order valence-electron chi connectivity index (χ1n) is 8.18. The summed E-state index contributed by atoms with van der Waals surface area (Å²) in [7, 11) is 4.99. The van der Waals surface area contributed by atoms with Crippen LogP contribution in [0.4, 0.5) is 0 Å². The second-order valence-electron chi connectivity index (χ2n) is 6.14. The fraction of sp³-hybridized carbons (Fsp3) is 0.263. The fourth-order valence-corrected chi connectivity index (χ4v) is 3.31. The molecule has 0 aliphatic heterocycles. The monoisotopic (exact) mass is 407 g/mol. The Hall–Kier alpha value is -2.28. The van der Waals surface area contributed by atoms with E-state index in [1.807, 2.05) is 18.0 Å². The minimum atomic E-state index is -0.228. The Labute approximate surface area is 166 Å². The Kier molecular flexibility index (Phi) is 5.89. The van der Waals surface area contributed by atoms with Crippen molar-refractivity contribution >= 4 is 34.1 Å². The number of methoxy groups -OCH3 is 2. The van der Waals surface area contributed by atoms with E-state index in [0.29, 0.717) is 51.4 Å². The summed E-state index contributed by atoms with van der Waals surface area (Å²) in [5, 5.41) is 1.64. The van der Waals surface area contributed by atoms with Crippen molar-refractivity contribution < 1.29 is 9.47 Å². The van der Waals surface area contributed by atoms with Crippen LogP contribution in [0, 0.1) is 0 Å². The van der Waals surface area contributed by atoms with Crippen LogP contribution in [0.2, 0.25) is 10.0 Å². The number of H-pyrrole nitrogens is 1. The number of nitrogens with zero attached hydrogens (tertiary/aromatic N) is 2. The van der Waals surface area contributed by atoms with Crippen LogP contribution in [0.15, 0.2) is 35.1 Å². The van der Waals surface area contributed by atoms with E-state index in [2.05, 4.69) is 9.97 Å². The van der Waals surface area contributed by atoms with E-state index in [9.17, 15) is 4.79 Å². The van der Waals surface area contributed by atoms with Gasteiger partial charge in [-0.25, -0.2) is 4.98 Å². The van der Waals surface area contributed by atoms with Crippen molar-refractivity contribution in [2.75, 3.05) is 21.3 Å². The van der Waals surface area contributed by atoms with Crippen molar-refractivity contribution in [2.24, 2.45) is 0 Å². The van der Waals surface area contributed by atoms with Crippen molar-refractivity contribution in [2.45, 2.75) is 13.1 Å². The Bertz CT molecular complexity index is 1040. The molecule has 0 fully saturated rings. The van der Waals surface area contributed by atoms with Gasteiger partial charge in [0.2, 0.25) is 0 Å². The highest BCUT2D eigenvalue weighted by molar-refractivity contribution is 6.35. The molecule has 0 spiro atoms. The zero-order valence-electron chi connectivity index (χ0n) is 15.2. The number of ether oxygens (including phenoxy) is 2. The summed E-state index contributed by atoms with van der Waals surface area (Å²) in [4.78, 5) is 21.8. The van der Waals surface area contributed by atoms with Gasteiger partial charge in [0.05, 0.1) is 31.7 Å². The number of aromatic amines is 1. The second-order valence-corrected chi connectivity index (χ2v) is 6.99. The maximum absolute atomic E-state index is 12.5. The van der Waals surface area contributed by atoms with Crippen LogP contribution in [0.1, 0.15) is 11.4 Å². The minimum Gasteiger partial charge on any atom is -0.493 e. The molecule has 6 nitrogen and oxygen atoms in total. The van der Waals surface area contributed by atoms with Gasteiger partial charge in [0.15, 0.2) is 11.5 Å². The predicted molar refractivity (Wildman–Crippen MR) is 107 cm³/mol. The van der Waals surface area contributed by atoms with Gasteiger partial charge in [-0.1, -0.05) is 29.3 Å². The Morgan fingerprint density at radius 2 is 1.78 bits per heavy atom. The highest BCUT2D eigenvalue weighted by Gasteiger charge is 2.12. The summed E-state index contributed by atoms with van der Waals surface area (Å²) in [6.45, 7) is 1.03. The Morgan fingerprint density at radius 1 is 1.07 bits per heavy atom. The van der Waals surface area contributed by atoms with Gasteiger partial charge < -0.3 is 14.5 Å². The molecule has 3 aromatic rings. The maximum atomic E-state index is 12.5. The van der Waals surface area contributed by atoms with E-state index in [1.165, 1.54) is 7.11 Å². The Balaban J connectivity index is 1.87. The molecule has 0 atom stereocenters. The molecule has 142 valence electrons. The maximum Gasteiger partial charge on any atom is 0.258 e. The molecule has 2 aromatic carbocycles. The van der Waals surface area contributed by atoms with Gasteiger partial charge in [-0.2, -0.15) is 0 Å². The molecule has 0 saturated carbocycles. The largest absolute Gasteiger partial charge is 0.493 e. The number of benzene rings is 2. The average molecular weight is 408 g/mol. The highest BCUT2D eigenvalue weighted by atomic mass is 35.5. The zero-order chi connectivity index (χ0) is 19.6. The summed E-state index contributed by atoms with van der Waals surface area (Å²) in [6, 6.07) is 8.72. The van der Waals surface area contributed by atoms with Gasteiger partial charge in [-0.3, -0.25) is 9.69 Å².